The molecular weight excluding hydrogens is 451 g/mol. The van der Waals surface area contributed by atoms with E-state index in [9.17, 15) is 36.3 Å². The van der Waals surface area contributed by atoms with Crippen molar-refractivity contribution in [2.45, 2.75) is 31.2 Å². The van der Waals surface area contributed by atoms with Crippen LogP contribution in [0.4, 0.5) is 23.7 Å². The monoisotopic (exact) mass is 473 g/mol. The summed E-state index contributed by atoms with van der Waals surface area (Å²) in [6, 6.07) is 5.00. The summed E-state index contributed by atoms with van der Waals surface area (Å²) in [6.45, 7) is 4.52. The lowest BCUT2D eigenvalue weighted by atomic mass is 10.1. The second kappa shape index (κ2) is 9.57. The minimum atomic E-state index is -4.21. The number of halogens is 3. The summed E-state index contributed by atoms with van der Waals surface area (Å²) in [5.74, 6) is -4.47. The molecule has 2 rings (SSSR count). The van der Waals surface area contributed by atoms with Crippen LogP contribution < -0.4 is 10.0 Å². The third kappa shape index (κ3) is 6.20. The fourth-order valence-electron chi connectivity index (χ4n) is 2.71. The third-order valence-corrected chi connectivity index (χ3v) is 5.80. The van der Waals surface area contributed by atoms with Crippen molar-refractivity contribution in [2.75, 3.05) is 18.4 Å². The average Bonchev–Trinajstić information content (AvgIpc) is 2.67. The Labute approximate surface area is 183 Å². The molecule has 0 aliphatic rings. The summed E-state index contributed by atoms with van der Waals surface area (Å²) in [5.41, 5.74) is -1.56. The Balaban J connectivity index is 2.18. The van der Waals surface area contributed by atoms with Crippen molar-refractivity contribution in [3.05, 3.63) is 59.4 Å². The van der Waals surface area contributed by atoms with Crippen molar-refractivity contribution >= 4 is 27.7 Å². The molecule has 0 saturated heterocycles. The van der Waals surface area contributed by atoms with Gasteiger partial charge in [0, 0.05) is 30.4 Å². The van der Waals surface area contributed by atoms with Gasteiger partial charge in [0.1, 0.15) is 5.82 Å². The van der Waals surface area contributed by atoms with Crippen LogP contribution in [0.25, 0.3) is 0 Å². The lowest BCUT2D eigenvalue weighted by molar-refractivity contribution is 0.101. The van der Waals surface area contributed by atoms with Crippen LogP contribution in [0.15, 0.2) is 41.3 Å². The van der Waals surface area contributed by atoms with Gasteiger partial charge in [-0.05, 0) is 51.1 Å². The van der Waals surface area contributed by atoms with Crippen molar-refractivity contribution < 1.29 is 36.3 Å². The summed E-state index contributed by atoms with van der Waals surface area (Å²) in [7, 11) is -4.21. The first kappa shape index (κ1) is 25.1. The van der Waals surface area contributed by atoms with E-state index in [0.717, 1.165) is 35.2 Å². The highest BCUT2D eigenvalue weighted by Crippen LogP contribution is 2.19. The second-order valence-corrected chi connectivity index (χ2v) is 9.49. The van der Waals surface area contributed by atoms with Gasteiger partial charge in [0.15, 0.2) is 11.6 Å². The Morgan fingerprint density at radius 2 is 1.62 bits per heavy atom. The van der Waals surface area contributed by atoms with E-state index in [0.29, 0.717) is 6.07 Å². The quantitative estimate of drug-likeness (QED) is 0.570. The predicted molar refractivity (Wildman–Crippen MR) is 110 cm³/mol. The van der Waals surface area contributed by atoms with Crippen molar-refractivity contribution in [1.29, 1.82) is 0 Å². The topological polar surface area (TPSA) is 116 Å². The normalized spacial score (nSPS) is 11.8. The molecule has 2 amide bonds. The molecule has 0 atom stereocenters. The third-order valence-electron chi connectivity index (χ3n) is 4.34. The second-order valence-electron chi connectivity index (χ2n) is 7.73. The van der Waals surface area contributed by atoms with Crippen molar-refractivity contribution in [3.8, 4) is 0 Å². The van der Waals surface area contributed by atoms with Crippen LogP contribution in [0.1, 0.15) is 31.1 Å². The number of carbonyl (C=O) groups is 2. The predicted octanol–water partition coefficient (Wildman–Crippen LogP) is 3.41. The van der Waals surface area contributed by atoms with E-state index in [-0.39, 0.29) is 18.8 Å². The molecule has 2 aromatic carbocycles. The first-order valence-electron chi connectivity index (χ1n) is 9.28. The zero-order valence-electron chi connectivity index (χ0n) is 17.4. The maximum absolute atomic E-state index is 14.2. The van der Waals surface area contributed by atoms with Gasteiger partial charge >= 0.3 is 6.09 Å². The summed E-state index contributed by atoms with van der Waals surface area (Å²) in [5, 5.41) is 11.4. The number of rotatable bonds is 7. The van der Waals surface area contributed by atoms with E-state index >= 15 is 0 Å². The van der Waals surface area contributed by atoms with Crippen LogP contribution >= 0.6 is 0 Å². The maximum Gasteiger partial charge on any atom is 0.407 e. The Morgan fingerprint density at radius 3 is 2.19 bits per heavy atom. The molecule has 2 aromatic rings. The van der Waals surface area contributed by atoms with Gasteiger partial charge in [-0.3, -0.25) is 4.79 Å². The fraction of sp³-hybridized carbons (Fsp3) is 0.300. The zero-order chi connectivity index (χ0) is 24.3. The molecule has 0 spiro atoms. The minimum Gasteiger partial charge on any atom is -0.465 e. The number of amides is 2. The number of sulfonamides is 1. The summed E-state index contributed by atoms with van der Waals surface area (Å²) in [6.07, 6.45) is -1.23. The standard InChI is InChI=1S/C20H22F3N3O5S/c1-20(2,3)26(19(28)29)9-8-24-32(30,31)13-5-7-15(21)14(11-13)18(27)25-12-4-6-16(22)17(23)10-12/h4-7,10-11,24H,8-9H2,1-3H3,(H,25,27)(H,28,29). The molecular formula is C20H22F3N3O5S. The molecule has 0 aliphatic carbocycles. The molecule has 0 saturated carbocycles. The highest BCUT2D eigenvalue weighted by atomic mass is 32.2. The number of benzene rings is 2. The Morgan fingerprint density at radius 1 is 1.00 bits per heavy atom. The molecule has 0 heterocycles. The first-order valence-corrected chi connectivity index (χ1v) is 10.8. The van der Waals surface area contributed by atoms with Gasteiger partial charge < -0.3 is 15.3 Å². The summed E-state index contributed by atoms with van der Waals surface area (Å²) in [4.78, 5) is 24.3. The molecule has 8 nitrogen and oxygen atoms in total. The van der Waals surface area contributed by atoms with Gasteiger partial charge in [0.2, 0.25) is 10.0 Å². The SMILES string of the molecule is CC(C)(C)N(CCNS(=O)(=O)c1ccc(F)c(C(=O)Nc2ccc(F)c(F)c2)c1)C(=O)O. The number of nitrogens with zero attached hydrogens (tertiary/aromatic N) is 1. The van der Waals surface area contributed by atoms with Crippen molar-refractivity contribution in [1.82, 2.24) is 9.62 Å². The van der Waals surface area contributed by atoms with Crippen molar-refractivity contribution in [2.24, 2.45) is 0 Å². The number of anilines is 1. The molecule has 0 aromatic heterocycles. The highest BCUT2D eigenvalue weighted by Gasteiger charge is 2.26. The molecule has 0 radical (unpaired) electrons. The van der Waals surface area contributed by atoms with Gasteiger partial charge in [0.25, 0.3) is 5.91 Å². The minimum absolute atomic E-state index is 0.150. The van der Waals surface area contributed by atoms with Gasteiger partial charge in [-0.1, -0.05) is 0 Å². The molecule has 12 heteroatoms. The first-order chi connectivity index (χ1) is 14.7. The van der Waals surface area contributed by atoms with Crippen LogP contribution in [0.5, 0.6) is 0 Å². The molecule has 0 bridgehead atoms. The molecule has 0 fully saturated rings. The van der Waals surface area contributed by atoms with E-state index in [1.54, 1.807) is 20.8 Å². The van der Waals surface area contributed by atoms with Crippen LogP contribution in [0.2, 0.25) is 0 Å². The Kier molecular flexibility index (Phi) is 7.52. The van der Waals surface area contributed by atoms with E-state index in [1.807, 2.05) is 0 Å². The summed E-state index contributed by atoms with van der Waals surface area (Å²) < 4.78 is 67.7. The van der Waals surface area contributed by atoms with Gasteiger partial charge in [-0.15, -0.1) is 0 Å². The number of hydrogen-bond acceptors (Lipinski definition) is 4. The zero-order valence-corrected chi connectivity index (χ0v) is 18.3. The smallest absolute Gasteiger partial charge is 0.407 e. The number of nitrogens with one attached hydrogen (secondary N) is 2. The summed E-state index contributed by atoms with van der Waals surface area (Å²) >= 11 is 0. The Bertz CT molecular complexity index is 1130. The van der Waals surface area contributed by atoms with Crippen LogP contribution in [-0.2, 0) is 10.0 Å². The Hall–Kier alpha value is -3.12. The van der Waals surface area contributed by atoms with Crippen LogP contribution in [-0.4, -0.2) is 49.1 Å². The van der Waals surface area contributed by atoms with Crippen molar-refractivity contribution in [3.63, 3.8) is 0 Å². The molecule has 3 N–H and O–H groups in total. The number of hydrogen-bond donors (Lipinski definition) is 3. The van der Waals surface area contributed by atoms with Gasteiger partial charge in [0.05, 0.1) is 10.5 Å². The molecule has 174 valence electrons. The molecule has 32 heavy (non-hydrogen) atoms. The van der Waals surface area contributed by atoms with E-state index in [2.05, 4.69) is 10.0 Å². The van der Waals surface area contributed by atoms with Crippen LogP contribution in [0, 0.1) is 17.5 Å². The number of carboxylic acid groups (broad SMARTS) is 1. The molecule has 0 aliphatic heterocycles. The van der Waals surface area contributed by atoms with E-state index in [4.69, 9.17) is 0 Å². The average molecular weight is 473 g/mol. The largest absolute Gasteiger partial charge is 0.465 e. The fourth-order valence-corrected chi connectivity index (χ4v) is 3.76. The van der Waals surface area contributed by atoms with Crippen LogP contribution in [0.3, 0.4) is 0 Å². The number of carbonyl (C=O) groups excluding carboxylic acids is 1. The molecule has 0 unspecified atom stereocenters. The van der Waals surface area contributed by atoms with Gasteiger partial charge in [-0.25, -0.2) is 31.1 Å². The lowest BCUT2D eigenvalue weighted by Gasteiger charge is -2.33. The maximum atomic E-state index is 14.2. The van der Waals surface area contributed by atoms with E-state index < -0.39 is 55.5 Å². The lowest BCUT2D eigenvalue weighted by Crippen LogP contribution is -2.48. The van der Waals surface area contributed by atoms with E-state index in [1.165, 1.54) is 0 Å². The highest BCUT2D eigenvalue weighted by molar-refractivity contribution is 7.89. The van der Waals surface area contributed by atoms with Gasteiger partial charge in [-0.2, -0.15) is 0 Å².